The van der Waals surface area contributed by atoms with Gasteiger partial charge >= 0.3 is 5.97 Å². The first-order valence-electron chi connectivity index (χ1n) is 5.94. The quantitative estimate of drug-likeness (QED) is 0.814. The van der Waals surface area contributed by atoms with Crippen molar-refractivity contribution >= 4 is 28.6 Å². The SMILES string of the molecule is COc1ccc2c(=O)n(CSCCC(=O)O)cnc2c1. The van der Waals surface area contributed by atoms with Crippen LogP contribution < -0.4 is 10.3 Å². The van der Waals surface area contributed by atoms with Crippen LogP contribution in [0.15, 0.2) is 29.3 Å². The largest absolute Gasteiger partial charge is 0.497 e. The summed E-state index contributed by atoms with van der Waals surface area (Å²) in [6, 6.07) is 5.11. The molecule has 1 aromatic carbocycles. The lowest BCUT2D eigenvalue weighted by atomic mass is 10.2. The Morgan fingerprint density at radius 3 is 3.00 bits per heavy atom. The van der Waals surface area contributed by atoms with E-state index in [1.807, 2.05) is 0 Å². The predicted molar refractivity (Wildman–Crippen MR) is 77.3 cm³/mol. The Bertz CT molecular complexity index is 684. The Balaban J connectivity index is 2.17. The summed E-state index contributed by atoms with van der Waals surface area (Å²) >= 11 is 1.38. The number of aromatic nitrogens is 2. The number of rotatable bonds is 6. The molecule has 0 amide bonds. The number of methoxy groups -OCH3 is 1. The van der Waals surface area contributed by atoms with Gasteiger partial charge in [0.05, 0.1) is 36.6 Å². The first-order chi connectivity index (χ1) is 9.61. The number of carboxylic acid groups (broad SMARTS) is 1. The maximum atomic E-state index is 12.2. The maximum absolute atomic E-state index is 12.2. The second-order valence-electron chi connectivity index (χ2n) is 4.08. The van der Waals surface area contributed by atoms with Crippen molar-refractivity contribution in [2.45, 2.75) is 12.3 Å². The second-order valence-corrected chi connectivity index (χ2v) is 5.16. The van der Waals surface area contributed by atoms with Gasteiger partial charge in [-0.3, -0.25) is 14.2 Å². The molecule has 0 aliphatic carbocycles. The normalized spacial score (nSPS) is 10.7. The van der Waals surface area contributed by atoms with Gasteiger partial charge in [0.25, 0.3) is 5.56 Å². The van der Waals surface area contributed by atoms with Crippen LogP contribution in [0.25, 0.3) is 10.9 Å². The van der Waals surface area contributed by atoms with Crippen LogP contribution in [0.2, 0.25) is 0 Å². The molecule has 6 nitrogen and oxygen atoms in total. The van der Waals surface area contributed by atoms with E-state index in [9.17, 15) is 9.59 Å². The fraction of sp³-hybridized carbons (Fsp3) is 0.308. The first kappa shape index (κ1) is 14.4. The van der Waals surface area contributed by atoms with E-state index in [1.54, 1.807) is 25.3 Å². The molecule has 0 unspecified atom stereocenters. The molecule has 20 heavy (non-hydrogen) atoms. The Morgan fingerprint density at radius 1 is 1.50 bits per heavy atom. The summed E-state index contributed by atoms with van der Waals surface area (Å²) in [6.07, 6.45) is 1.55. The lowest BCUT2D eigenvalue weighted by molar-refractivity contribution is -0.136. The average Bonchev–Trinajstić information content (AvgIpc) is 2.45. The Morgan fingerprint density at radius 2 is 2.30 bits per heavy atom. The number of carboxylic acids is 1. The molecule has 7 heteroatoms. The maximum Gasteiger partial charge on any atom is 0.304 e. The summed E-state index contributed by atoms with van der Waals surface area (Å²) in [7, 11) is 1.56. The number of benzene rings is 1. The van der Waals surface area contributed by atoms with Gasteiger partial charge in [0.2, 0.25) is 0 Å². The minimum atomic E-state index is -0.839. The molecule has 0 aliphatic rings. The molecule has 0 fully saturated rings. The van der Waals surface area contributed by atoms with E-state index in [0.29, 0.717) is 28.3 Å². The van der Waals surface area contributed by atoms with Crippen LogP contribution >= 0.6 is 11.8 Å². The van der Waals surface area contributed by atoms with Crippen molar-refractivity contribution in [2.75, 3.05) is 12.9 Å². The molecule has 0 spiro atoms. The number of thioether (sulfide) groups is 1. The second kappa shape index (κ2) is 6.42. The zero-order valence-electron chi connectivity index (χ0n) is 10.9. The third kappa shape index (κ3) is 3.30. The smallest absolute Gasteiger partial charge is 0.304 e. The van der Waals surface area contributed by atoms with Crippen LogP contribution in [0.5, 0.6) is 5.75 Å². The number of nitrogens with zero attached hydrogens (tertiary/aromatic N) is 2. The van der Waals surface area contributed by atoms with E-state index < -0.39 is 5.97 Å². The Hall–Kier alpha value is -2.02. The van der Waals surface area contributed by atoms with Crippen molar-refractivity contribution in [3.63, 3.8) is 0 Å². The molecule has 106 valence electrons. The molecule has 0 saturated heterocycles. The van der Waals surface area contributed by atoms with Crippen LogP contribution in [0.4, 0.5) is 0 Å². The molecule has 1 heterocycles. The number of carbonyl (C=O) groups is 1. The third-order valence-corrected chi connectivity index (χ3v) is 3.68. The van der Waals surface area contributed by atoms with E-state index in [4.69, 9.17) is 9.84 Å². The number of fused-ring (bicyclic) bond motifs is 1. The van der Waals surface area contributed by atoms with Crippen molar-refractivity contribution in [1.82, 2.24) is 9.55 Å². The fourth-order valence-corrected chi connectivity index (χ4v) is 2.51. The van der Waals surface area contributed by atoms with Crippen LogP contribution in [-0.2, 0) is 10.7 Å². The summed E-state index contributed by atoms with van der Waals surface area (Å²) < 4.78 is 6.56. The molecular formula is C13H14N2O4S. The van der Waals surface area contributed by atoms with Crippen LogP contribution in [-0.4, -0.2) is 33.5 Å². The lowest BCUT2D eigenvalue weighted by Crippen LogP contribution is -2.19. The van der Waals surface area contributed by atoms with Gasteiger partial charge in [0.15, 0.2) is 0 Å². The minimum absolute atomic E-state index is 0.0810. The van der Waals surface area contributed by atoms with Crippen LogP contribution in [0, 0.1) is 0 Å². The summed E-state index contributed by atoms with van der Waals surface area (Å²) in [5.74, 6) is 0.662. The Labute approximate surface area is 119 Å². The summed E-state index contributed by atoms with van der Waals surface area (Å²) in [5.41, 5.74) is 0.446. The number of ether oxygens (including phenoxy) is 1. The van der Waals surface area contributed by atoms with E-state index in [2.05, 4.69) is 4.98 Å². The van der Waals surface area contributed by atoms with Crippen molar-refractivity contribution in [2.24, 2.45) is 0 Å². The molecule has 2 rings (SSSR count). The van der Waals surface area contributed by atoms with Gasteiger partial charge in [-0.1, -0.05) is 0 Å². The predicted octanol–water partition coefficient (Wildman–Crippen LogP) is 1.57. The fourth-order valence-electron chi connectivity index (χ4n) is 1.68. The molecule has 0 saturated carbocycles. The highest BCUT2D eigenvalue weighted by molar-refractivity contribution is 7.98. The molecule has 0 atom stereocenters. The highest BCUT2D eigenvalue weighted by Gasteiger charge is 2.05. The highest BCUT2D eigenvalue weighted by Crippen LogP contribution is 2.16. The van der Waals surface area contributed by atoms with Crippen molar-refractivity contribution in [3.8, 4) is 5.75 Å². The van der Waals surface area contributed by atoms with Crippen LogP contribution in [0.3, 0.4) is 0 Å². The van der Waals surface area contributed by atoms with E-state index in [0.717, 1.165) is 0 Å². The van der Waals surface area contributed by atoms with Crippen molar-refractivity contribution in [3.05, 3.63) is 34.9 Å². The van der Waals surface area contributed by atoms with E-state index in [-0.39, 0.29) is 12.0 Å². The summed E-state index contributed by atoms with van der Waals surface area (Å²) in [4.78, 5) is 26.8. The number of hydrogen-bond donors (Lipinski definition) is 1. The third-order valence-electron chi connectivity index (χ3n) is 2.72. The van der Waals surface area contributed by atoms with E-state index in [1.165, 1.54) is 22.7 Å². The van der Waals surface area contributed by atoms with Gasteiger partial charge in [-0.2, -0.15) is 0 Å². The molecule has 0 aliphatic heterocycles. The highest BCUT2D eigenvalue weighted by atomic mass is 32.2. The van der Waals surface area contributed by atoms with Crippen molar-refractivity contribution in [1.29, 1.82) is 0 Å². The molecule has 2 aromatic rings. The molecule has 1 N–H and O–H groups in total. The Kier molecular flexibility index (Phi) is 4.62. The zero-order valence-corrected chi connectivity index (χ0v) is 11.7. The first-order valence-corrected chi connectivity index (χ1v) is 7.10. The van der Waals surface area contributed by atoms with Crippen molar-refractivity contribution < 1.29 is 14.6 Å². The van der Waals surface area contributed by atoms with Gasteiger partial charge < -0.3 is 9.84 Å². The standard InChI is InChI=1S/C13H14N2O4S/c1-19-9-2-3-10-11(6-9)14-7-15(13(10)18)8-20-5-4-12(16)17/h2-3,6-7H,4-5,8H2,1H3,(H,16,17). The molecule has 1 aromatic heterocycles. The van der Waals surface area contributed by atoms with Crippen LogP contribution in [0.1, 0.15) is 6.42 Å². The van der Waals surface area contributed by atoms with E-state index >= 15 is 0 Å². The van der Waals surface area contributed by atoms with Gasteiger partial charge in [-0.05, 0) is 12.1 Å². The minimum Gasteiger partial charge on any atom is -0.497 e. The number of aliphatic carboxylic acids is 1. The summed E-state index contributed by atoms with van der Waals surface area (Å²) in [6.45, 7) is 0. The zero-order chi connectivity index (χ0) is 14.5. The topological polar surface area (TPSA) is 81.4 Å². The molecule has 0 bridgehead atoms. The van der Waals surface area contributed by atoms with Gasteiger partial charge in [-0.25, -0.2) is 4.98 Å². The van der Waals surface area contributed by atoms with Gasteiger partial charge in [-0.15, -0.1) is 11.8 Å². The lowest BCUT2D eigenvalue weighted by Gasteiger charge is -2.06. The summed E-state index contributed by atoms with van der Waals surface area (Å²) in [5, 5.41) is 9.07. The average molecular weight is 294 g/mol. The molecule has 0 radical (unpaired) electrons. The molecular weight excluding hydrogens is 280 g/mol. The number of hydrogen-bond acceptors (Lipinski definition) is 5. The van der Waals surface area contributed by atoms with Gasteiger partial charge in [0, 0.05) is 11.8 Å². The monoisotopic (exact) mass is 294 g/mol. The van der Waals surface area contributed by atoms with Gasteiger partial charge in [0.1, 0.15) is 5.75 Å².